The number of halogens is 1. The highest BCUT2D eigenvalue weighted by molar-refractivity contribution is 7.22. The van der Waals surface area contributed by atoms with Gasteiger partial charge < -0.3 is 4.74 Å². The Labute approximate surface area is 167 Å². The zero-order valence-corrected chi connectivity index (χ0v) is 16.4. The van der Waals surface area contributed by atoms with E-state index < -0.39 is 0 Å². The van der Waals surface area contributed by atoms with Gasteiger partial charge in [-0.3, -0.25) is 5.32 Å². The van der Waals surface area contributed by atoms with Gasteiger partial charge in [0.15, 0.2) is 5.13 Å². The summed E-state index contributed by atoms with van der Waals surface area (Å²) in [7, 11) is 1.66. The maximum absolute atomic E-state index is 6.05. The van der Waals surface area contributed by atoms with Crippen LogP contribution >= 0.6 is 34.3 Å². The average molecular weight is 414 g/mol. The SMILES string of the molecule is COc1cccc(-c2csc3nc(Nc4nc5ccc(Cl)cc5s4)nn23)c1. The quantitative estimate of drug-likeness (QED) is 0.423. The topological polar surface area (TPSA) is 64.3 Å². The largest absolute Gasteiger partial charge is 0.497 e. The second kappa shape index (κ2) is 6.49. The third kappa shape index (κ3) is 3.01. The van der Waals surface area contributed by atoms with Crippen LogP contribution in [0.15, 0.2) is 47.8 Å². The van der Waals surface area contributed by atoms with Crippen LogP contribution in [0.5, 0.6) is 5.75 Å². The smallest absolute Gasteiger partial charge is 0.250 e. The normalized spacial score (nSPS) is 11.3. The first-order chi connectivity index (χ1) is 13.2. The third-order valence-corrected chi connectivity index (χ3v) is 6.00. The van der Waals surface area contributed by atoms with E-state index in [2.05, 4.69) is 20.4 Å². The Morgan fingerprint density at radius 1 is 1.15 bits per heavy atom. The number of hydrogen-bond donors (Lipinski definition) is 1. The number of nitrogens with one attached hydrogen (secondary N) is 1. The Morgan fingerprint density at radius 2 is 2.07 bits per heavy atom. The van der Waals surface area contributed by atoms with Crippen LogP contribution in [-0.4, -0.2) is 26.7 Å². The molecule has 0 saturated carbocycles. The van der Waals surface area contributed by atoms with Crippen LogP contribution in [0.4, 0.5) is 11.1 Å². The summed E-state index contributed by atoms with van der Waals surface area (Å²) in [4.78, 5) is 9.91. The standard InChI is InChI=1S/C18H12ClN5OS2/c1-25-12-4-2-3-10(7-12)14-9-26-18-22-16(23-24(14)18)21-17-20-13-6-5-11(19)8-15(13)27-17/h2-9H,1H3,(H,20,21,23). The van der Waals surface area contributed by atoms with Crippen LogP contribution < -0.4 is 10.1 Å². The Bertz CT molecular complexity index is 1280. The van der Waals surface area contributed by atoms with Gasteiger partial charge in [0, 0.05) is 16.0 Å². The maximum Gasteiger partial charge on any atom is 0.250 e. The van der Waals surface area contributed by atoms with E-state index in [0.717, 1.165) is 37.3 Å². The van der Waals surface area contributed by atoms with Crippen LogP contribution in [0.1, 0.15) is 0 Å². The van der Waals surface area contributed by atoms with Gasteiger partial charge in [-0.25, -0.2) is 9.50 Å². The fourth-order valence-corrected chi connectivity index (χ4v) is 4.73. The number of benzene rings is 2. The van der Waals surface area contributed by atoms with Crippen LogP contribution in [0, 0.1) is 0 Å². The third-order valence-electron chi connectivity index (χ3n) is 4.02. The number of rotatable bonds is 4. The predicted octanol–water partition coefficient (Wildman–Crippen LogP) is 5.47. The summed E-state index contributed by atoms with van der Waals surface area (Å²) in [6, 6.07) is 13.5. The van der Waals surface area contributed by atoms with Crippen molar-refractivity contribution in [2.24, 2.45) is 0 Å². The van der Waals surface area contributed by atoms with E-state index in [4.69, 9.17) is 16.3 Å². The van der Waals surface area contributed by atoms with Gasteiger partial charge in [-0.2, -0.15) is 4.98 Å². The molecule has 1 N–H and O–H groups in total. The molecule has 9 heteroatoms. The lowest BCUT2D eigenvalue weighted by atomic mass is 10.2. The molecule has 5 rings (SSSR count). The van der Waals surface area contributed by atoms with Gasteiger partial charge in [0.25, 0.3) is 0 Å². The maximum atomic E-state index is 6.05. The predicted molar refractivity (Wildman–Crippen MR) is 111 cm³/mol. The van der Waals surface area contributed by atoms with E-state index in [-0.39, 0.29) is 0 Å². The number of methoxy groups -OCH3 is 1. The van der Waals surface area contributed by atoms with Crippen molar-refractivity contribution in [1.29, 1.82) is 0 Å². The minimum absolute atomic E-state index is 0.510. The molecule has 0 atom stereocenters. The molecular weight excluding hydrogens is 402 g/mol. The fourth-order valence-electron chi connectivity index (χ4n) is 2.76. The first-order valence-electron chi connectivity index (χ1n) is 8.01. The minimum atomic E-state index is 0.510. The molecule has 27 heavy (non-hydrogen) atoms. The van der Waals surface area contributed by atoms with Gasteiger partial charge >= 0.3 is 0 Å². The first kappa shape index (κ1) is 16.5. The monoisotopic (exact) mass is 413 g/mol. The number of hydrogen-bond acceptors (Lipinski definition) is 7. The summed E-state index contributed by atoms with van der Waals surface area (Å²) in [5.41, 5.74) is 2.88. The van der Waals surface area contributed by atoms with Crippen molar-refractivity contribution in [1.82, 2.24) is 19.6 Å². The summed E-state index contributed by atoms with van der Waals surface area (Å²) >= 11 is 9.10. The molecule has 0 aliphatic carbocycles. The van der Waals surface area contributed by atoms with Crippen LogP contribution in [0.2, 0.25) is 5.02 Å². The molecule has 0 unspecified atom stereocenters. The Balaban J connectivity index is 1.50. The number of aromatic nitrogens is 4. The van der Waals surface area contributed by atoms with Gasteiger partial charge in [-0.1, -0.05) is 35.1 Å². The summed E-state index contributed by atoms with van der Waals surface area (Å²) in [5.74, 6) is 1.31. The molecule has 2 aromatic carbocycles. The average Bonchev–Trinajstić information content (AvgIpc) is 3.35. The van der Waals surface area contributed by atoms with Crippen LogP contribution in [0.3, 0.4) is 0 Å². The number of ether oxygens (including phenoxy) is 1. The lowest BCUT2D eigenvalue weighted by Gasteiger charge is -2.02. The molecule has 0 spiro atoms. The van der Waals surface area contributed by atoms with Crippen molar-refractivity contribution < 1.29 is 4.74 Å². The number of anilines is 2. The van der Waals surface area contributed by atoms with Crippen molar-refractivity contribution in [3.8, 4) is 17.0 Å². The second-order valence-electron chi connectivity index (χ2n) is 5.74. The number of fused-ring (bicyclic) bond motifs is 2. The molecule has 6 nitrogen and oxygen atoms in total. The molecule has 0 saturated heterocycles. The Kier molecular flexibility index (Phi) is 3.96. The summed E-state index contributed by atoms with van der Waals surface area (Å²) < 4.78 is 8.16. The van der Waals surface area contributed by atoms with Crippen LogP contribution in [-0.2, 0) is 0 Å². The molecule has 0 radical (unpaired) electrons. The highest BCUT2D eigenvalue weighted by Gasteiger charge is 2.13. The van der Waals surface area contributed by atoms with Crippen molar-refractivity contribution in [2.75, 3.05) is 12.4 Å². The van der Waals surface area contributed by atoms with Crippen molar-refractivity contribution >= 4 is 60.5 Å². The molecule has 0 fully saturated rings. The van der Waals surface area contributed by atoms with Gasteiger partial charge in [0.05, 0.1) is 23.0 Å². The van der Waals surface area contributed by atoms with E-state index in [9.17, 15) is 0 Å². The zero-order valence-electron chi connectivity index (χ0n) is 14.0. The minimum Gasteiger partial charge on any atom is -0.497 e. The Morgan fingerprint density at radius 3 is 2.96 bits per heavy atom. The van der Waals surface area contributed by atoms with Crippen molar-refractivity contribution in [2.45, 2.75) is 0 Å². The molecule has 0 aliphatic heterocycles. The Hall–Kier alpha value is -2.68. The zero-order chi connectivity index (χ0) is 18.4. The molecule has 0 aliphatic rings. The van der Waals surface area contributed by atoms with Crippen molar-refractivity contribution in [3.05, 3.63) is 52.9 Å². The molecule has 5 aromatic rings. The van der Waals surface area contributed by atoms with Crippen LogP contribution in [0.25, 0.3) is 26.4 Å². The van der Waals surface area contributed by atoms with E-state index >= 15 is 0 Å². The van der Waals surface area contributed by atoms with E-state index in [1.54, 1.807) is 7.11 Å². The van der Waals surface area contributed by atoms with Gasteiger partial charge in [0.1, 0.15) is 5.75 Å². The summed E-state index contributed by atoms with van der Waals surface area (Å²) in [5, 5.41) is 11.2. The lowest BCUT2D eigenvalue weighted by Crippen LogP contribution is -1.94. The molecular formula is C18H12ClN5OS2. The summed E-state index contributed by atoms with van der Waals surface area (Å²) in [6.45, 7) is 0. The first-order valence-corrected chi connectivity index (χ1v) is 10.1. The van der Waals surface area contributed by atoms with Gasteiger partial charge in [-0.05, 0) is 30.3 Å². The molecule has 3 aromatic heterocycles. The fraction of sp³-hybridized carbons (Fsp3) is 0.0556. The molecule has 134 valence electrons. The van der Waals surface area contributed by atoms with Gasteiger partial charge in [-0.15, -0.1) is 16.4 Å². The summed E-state index contributed by atoms with van der Waals surface area (Å²) in [6.07, 6.45) is 0. The molecule has 3 heterocycles. The lowest BCUT2D eigenvalue weighted by molar-refractivity contribution is 0.415. The number of thiazole rings is 2. The van der Waals surface area contributed by atoms with E-state index in [0.29, 0.717) is 11.0 Å². The van der Waals surface area contributed by atoms with Crippen molar-refractivity contribution in [3.63, 3.8) is 0 Å². The molecule has 0 amide bonds. The highest BCUT2D eigenvalue weighted by atomic mass is 35.5. The highest BCUT2D eigenvalue weighted by Crippen LogP contribution is 2.31. The van der Waals surface area contributed by atoms with E-state index in [1.165, 1.54) is 22.7 Å². The second-order valence-corrected chi connectivity index (χ2v) is 8.04. The number of nitrogens with zero attached hydrogens (tertiary/aromatic N) is 4. The molecule has 0 bridgehead atoms. The van der Waals surface area contributed by atoms with Gasteiger partial charge in [0.2, 0.25) is 10.9 Å². The van der Waals surface area contributed by atoms with E-state index in [1.807, 2.05) is 52.4 Å².